The maximum atomic E-state index is 9.71. The Hall–Kier alpha value is -1.20. The number of nitrogens with zero attached hydrogens (tertiary/aromatic N) is 4. The summed E-state index contributed by atoms with van der Waals surface area (Å²) in [5.41, 5.74) is 1.16. The van der Waals surface area contributed by atoms with Crippen LogP contribution in [0.3, 0.4) is 0 Å². The van der Waals surface area contributed by atoms with Gasteiger partial charge in [-0.3, -0.25) is 9.88 Å². The number of anilines is 1. The van der Waals surface area contributed by atoms with Gasteiger partial charge in [0.15, 0.2) is 0 Å². The van der Waals surface area contributed by atoms with Crippen LogP contribution in [0.5, 0.6) is 0 Å². The first-order chi connectivity index (χ1) is 10.8. The van der Waals surface area contributed by atoms with Crippen molar-refractivity contribution in [1.29, 1.82) is 0 Å². The van der Waals surface area contributed by atoms with Crippen LogP contribution in [0.1, 0.15) is 52.1 Å². The highest BCUT2D eigenvalue weighted by Gasteiger charge is 2.24. The Morgan fingerprint density at radius 2 is 1.96 bits per heavy atom. The molecule has 2 rings (SSSR count). The van der Waals surface area contributed by atoms with Crippen molar-refractivity contribution in [2.45, 2.75) is 65.1 Å². The standard InChI is InChI=1S/C18H32N4O/c1-18(2,3)9-16(13-23)21(4)12-14-10-19-11-17(20-14)22(5)15-7-6-8-15/h10-11,15-16,23H,6-9,12-13H2,1-5H3/t16-/m1/s1. The van der Waals surface area contributed by atoms with E-state index in [0.29, 0.717) is 12.6 Å². The fraction of sp³-hybridized carbons (Fsp3) is 0.778. The van der Waals surface area contributed by atoms with Crippen LogP contribution in [-0.4, -0.2) is 52.8 Å². The molecule has 0 radical (unpaired) electrons. The van der Waals surface area contributed by atoms with Crippen molar-refractivity contribution in [3.05, 3.63) is 18.1 Å². The number of aliphatic hydroxyl groups is 1. The molecule has 23 heavy (non-hydrogen) atoms. The lowest BCUT2D eigenvalue weighted by Gasteiger charge is -2.35. The van der Waals surface area contributed by atoms with E-state index in [-0.39, 0.29) is 18.1 Å². The molecule has 1 aromatic heterocycles. The van der Waals surface area contributed by atoms with E-state index < -0.39 is 0 Å². The summed E-state index contributed by atoms with van der Waals surface area (Å²) in [4.78, 5) is 13.6. The smallest absolute Gasteiger partial charge is 0.147 e. The molecule has 5 heteroatoms. The summed E-state index contributed by atoms with van der Waals surface area (Å²) in [7, 11) is 4.16. The molecule has 1 aliphatic rings. The molecule has 0 aromatic carbocycles. The third-order valence-electron chi connectivity index (χ3n) is 4.75. The minimum Gasteiger partial charge on any atom is -0.395 e. The van der Waals surface area contributed by atoms with Crippen LogP contribution in [0.2, 0.25) is 0 Å². The average molecular weight is 320 g/mol. The maximum Gasteiger partial charge on any atom is 0.147 e. The van der Waals surface area contributed by atoms with Gasteiger partial charge in [-0.2, -0.15) is 0 Å². The van der Waals surface area contributed by atoms with E-state index >= 15 is 0 Å². The van der Waals surface area contributed by atoms with Crippen molar-refractivity contribution in [2.75, 3.05) is 25.6 Å². The van der Waals surface area contributed by atoms with Gasteiger partial charge in [0.05, 0.1) is 18.5 Å². The van der Waals surface area contributed by atoms with E-state index in [1.54, 1.807) is 0 Å². The van der Waals surface area contributed by atoms with Gasteiger partial charge in [0.25, 0.3) is 0 Å². The maximum absolute atomic E-state index is 9.71. The zero-order chi connectivity index (χ0) is 17.0. The Balaban J connectivity index is 2.01. The summed E-state index contributed by atoms with van der Waals surface area (Å²) in [6.45, 7) is 7.50. The number of aromatic nitrogens is 2. The highest BCUT2D eigenvalue weighted by atomic mass is 16.3. The van der Waals surface area contributed by atoms with E-state index in [9.17, 15) is 5.11 Å². The van der Waals surface area contributed by atoms with Crippen LogP contribution < -0.4 is 4.90 Å². The molecule has 130 valence electrons. The molecule has 1 N–H and O–H groups in total. The third kappa shape index (κ3) is 5.15. The molecule has 0 spiro atoms. The molecular weight excluding hydrogens is 288 g/mol. The Bertz CT molecular complexity index is 496. The quantitative estimate of drug-likeness (QED) is 0.837. The number of rotatable bonds is 7. The Labute approximate surface area is 140 Å². The minimum absolute atomic E-state index is 0.143. The predicted octanol–water partition coefficient (Wildman–Crippen LogP) is 2.69. The van der Waals surface area contributed by atoms with Crippen LogP contribution in [-0.2, 0) is 6.54 Å². The van der Waals surface area contributed by atoms with Gasteiger partial charge in [-0.15, -0.1) is 0 Å². The van der Waals surface area contributed by atoms with Crippen molar-refractivity contribution in [1.82, 2.24) is 14.9 Å². The van der Waals surface area contributed by atoms with E-state index in [0.717, 1.165) is 17.9 Å². The first-order valence-electron chi connectivity index (χ1n) is 8.65. The van der Waals surface area contributed by atoms with Crippen LogP contribution in [0.4, 0.5) is 5.82 Å². The molecule has 1 fully saturated rings. The fourth-order valence-corrected chi connectivity index (χ4v) is 3.05. The van der Waals surface area contributed by atoms with Crippen LogP contribution in [0, 0.1) is 5.41 Å². The first-order valence-corrected chi connectivity index (χ1v) is 8.65. The first kappa shape index (κ1) is 18.1. The van der Waals surface area contributed by atoms with E-state index in [1.165, 1.54) is 19.3 Å². The molecule has 0 unspecified atom stereocenters. The highest BCUT2D eigenvalue weighted by Crippen LogP contribution is 2.27. The Kier molecular flexibility index (Phi) is 5.98. The van der Waals surface area contributed by atoms with Gasteiger partial charge in [0.2, 0.25) is 0 Å². The average Bonchev–Trinajstić information content (AvgIpc) is 2.42. The molecule has 1 aliphatic carbocycles. The zero-order valence-corrected chi connectivity index (χ0v) is 15.3. The second-order valence-corrected chi connectivity index (χ2v) is 8.08. The van der Waals surface area contributed by atoms with E-state index in [1.807, 2.05) is 12.4 Å². The van der Waals surface area contributed by atoms with Crippen molar-refractivity contribution >= 4 is 5.82 Å². The van der Waals surface area contributed by atoms with Crippen molar-refractivity contribution in [2.24, 2.45) is 5.41 Å². The Morgan fingerprint density at radius 3 is 2.48 bits per heavy atom. The van der Waals surface area contributed by atoms with E-state index in [2.05, 4.69) is 49.7 Å². The Morgan fingerprint density at radius 1 is 1.26 bits per heavy atom. The van der Waals surface area contributed by atoms with Gasteiger partial charge in [-0.1, -0.05) is 20.8 Å². The number of hydrogen-bond acceptors (Lipinski definition) is 5. The molecule has 0 aliphatic heterocycles. The van der Waals surface area contributed by atoms with Crippen LogP contribution in [0.25, 0.3) is 0 Å². The molecule has 1 saturated carbocycles. The molecule has 1 aromatic rings. The topological polar surface area (TPSA) is 52.5 Å². The number of aliphatic hydroxyl groups excluding tert-OH is 1. The monoisotopic (exact) mass is 320 g/mol. The third-order valence-corrected chi connectivity index (χ3v) is 4.75. The van der Waals surface area contributed by atoms with Crippen LogP contribution in [0.15, 0.2) is 12.4 Å². The van der Waals surface area contributed by atoms with Gasteiger partial charge >= 0.3 is 0 Å². The number of hydrogen-bond donors (Lipinski definition) is 1. The summed E-state index contributed by atoms with van der Waals surface area (Å²) >= 11 is 0. The molecule has 0 bridgehead atoms. The molecule has 0 saturated heterocycles. The summed E-state index contributed by atoms with van der Waals surface area (Å²) in [5, 5.41) is 9.71. The van der Waals surface area contributed by atoms with Gasteiger partial charge < -0.3 is 10.0 Å². The minimum atomic E-state index is 0.143. The van der Waals surface area contributed by atoms with Crippen molar-refractivity contribution in [3.8, 4) is 0 Å². The zero-order valence-electron chi connectivity index (χ0n) is 15.3. The van der Waals surface area contributed by atoms with E-state index in [4.69, 9.17) is 4.98 Å². The lowest BCUT2D eigenvalue weighted by molar-refractivity contribution is 0.104. The summed E-state index contributed by atoms with van der Waals surface area (Å²) < 4.78 is 0. The van der Waals surface area contributed by atoms with Crippen molar-refractivity contribution < 1.29 is 5.11 Å². The summed E-state index contributed by atoms with van der Waals surface area (Å²) in [5.74, 6) is 0.956. The summed E-state index contributed by atoms with van der Waals surface area (Å²) in [6, 6.07) is 0.758. The predicted molar refractivity (Wildman–Crippen MR) is 94.5 cm³/mol. The lowest BCUT2D eigenvalue weighted by atomic mass is 9.88. The highest BCUT2D eigenvalue weighted by molar-refractivity contribution is 5.37. The molecule has 5 nitrogen and oxygen atoms in total. The second-order valence-electron chi connectivity index (χ2n) is 8.08. The normalized spacial score (nSPS) is 17.2. The number of likely N-dealkylation sites (N-methyl/N-ethyl adjacent to an activating group) is 1. The van der Waals surface area contributed by atoms with Gasteiger partial charge in [0.1, 0.15) is 5.82 Å². The fourth-order valence-electron chi connectivity index (χ4n) is 3.05. The van der Waals surface area contributed by atoms with Gasteiger partial charge in [-0.05, 0) is 38.1 Å². The van der Waals surface area contributed by atoms with Crippen LogP contribution >= 0.6 is 0 Å². The van der Waals surface area contributed by atoms with Crippen molar-refractivity contribution in [3.63, 3.8) is 0 Å². The molecule has 0 amide bonds. The van der Waals surface area contributed by atoms with Gasteiger partial charge in [0, 0.05) is 31.9 Å². The second kappa shape index (κ2) is 7.58. The lowest BCUT2D eigenvalue weighted by Crippen LogP contribution is -2.39. The molecule has 1 atom stereocenters. The molecule has 1 heterocycles. The summed E-state index contributed by atoms with van der Waals surface area (Å²) in [6.07, 6.45) is 8.45. The SMILES string of the molecule is CN(c1cncc(CN(C)[C@@H](CO)CC(C)(C)C)n1)C1CCC1. The molecular formula is C18H32N4O. The van der Waals surface area contributed by atoms with Gasteiger partial charge in [-0.25, -0.2) is 4.98 Å². The largest absolute Gasteiger partial charge is 0.395 e.